The Morgan fingerprint density at radius 3 is 2.29 bits per heavy atom. The highest BCUT2D eigenvalue weighted by Crippen LogP contribution is 2.38. The Kier molecular flexibility index (Phi) is 5.34. The van der Waals surface area contributed by atoms with E-state index in [2.05, 4.69) is 10.4 Å². The molecule has 0 aliphatic carbocycles. The highest BCUT2D eigenvalue weighted by Gasteiger charge is 2.14. The zero-order chi connectivity index (χ0) is 19.8. The molecular formula is C20H15Cl3N4S. The van der Waals surface area contributed by atoms with Crippen LogP contribution in [0.4, 0.5) is 10.8 Å². The van der Waals surface area contributed by atoms with Gasteiger partial charge in [-0.25, -0.2) is 9.67 Å². The molecule has 0 saturated carbocycles. The Hall–Kier alpha value is -2.05. The van der Waals surface area contributed by atoms with Gasteiger partial charge < -0.3 is 5.32 Å². The summed E-state index contributed by atoms with van der Waals surface area (Å²) in [5.74, 6) is 0. The molecule has 2 aromatic carbocycles. The standard InChI is InChI=1S/C20H15Cl3N4S/c1-11-9-24-27(10-11)15-5-3-13(4-6-15)18-12(2)28-20(25-18)26-19-16(22)7-14(21)8-17(19)23/h3-10H,1-2H3,(H,25,26). The van der Waals surface area contributed by atoms with Crippen LogP contribution in [0.5, 0.6) is 0 Å². The third-order valence-corrected chi connectivity index (χ3v) is 5.85. The van der Waals surface area contributed by atoms with Gasteiger partial charge in [0.2, 0.25) is 0 Å². The Labute approximate surface area is 181 Å². The molecule has 0 aliphatic heterocycles. The number of halogens is 3. The van der Waals surface area contributed by atoms with Crippen LogP contribution in [-0.2, 0) is 0 Å². The maximum atomic E-state index is 6.26. The second kappa shape index (κ2) is 7.76. The zero-order valence-corrected chi connectivity index (χ0v) is 18.1. The first-order valence-corrected chi connectivity index (χ1v) is 10.4. The molecule has 4 rings (SSSR count). The van der Waals surface area contributed by atoms with Gasteiger partial charge in [-0.15, -0.1) is 11.3 Å². The second-order valence-electron chi connectivity index (χ2n) is 6.30. The lowest BCUT2D eigenvalue weighted by Crippen LogP contribution is -1.94. The summed E-state index contributed by atoms with van der Waals surface area (Å²) in [6, 6.07) is 11.4. The molecule has 0 aliphatic rings. The predicted octanol–water partition coefficient (Wildman–Crippen LogP) is 7.32. The lowest BCUT2D eigenvalue weighted by molar-refractivity contribution is 0.880. The molecule has 0 saturated heterocycles. The monoisotopic (exact) mass is 448 g/mol. The minimum Gasteiger partial charge on any atom is -0.329 e. The van der Waals surface area contributed by atoms with Crippen molar-refractivity contribution >= 4 is 57.0 Å². The normalized spacial score (nSPS) is 11.0. The van der Waals surface area contributed by atoms with Gasteiger partial charge in [-0.1, -0.05) is 46.9 Å². The molecule has 8 heteroatoms. The quantitative estimate of drug-likeness (QED) is 0.355. The Balaban J connectivity index is 1.61. The van der Waals surface area contributed by atoms with E-state index in [0.717, 1.165) is 27.4 Å². The van der Waals surface area contributed by atoms with Crippen molar-refractivity contribution in [1.82, 2.24) is 14.8 Å². The summed E-state index contributed by atoms with van der Waals surface area (Å²) >= 11 is 20.0. The smallest absolute Gasteiger partial charge is 0.188 e. The van der Waals surface area contributed by atoms with Gasteiger partial charge in [-0.05, 0) is 43.7 Å². The molecule has 0 bridgehead atoms. The van der Waals surface area contributed by atoms with Gasteiger partial charge in [0.25, 0.3) is 0 Å². The van der Waals surface area contributed by atoms with Crippen LogP contribution in [0.15, 0.2) is 48.8 Å². The molecule has 0 amide bonds. The second-order valence-corrected chi connectivity index (χ2v) is 8.76. The molecule has 4 aromatic rings. The molecule has 0 spiro atoms. The molecule has 0 fully saturated rings. The van der Waals surface area contributed by atoms with Crippen molar-refractivity contribution in [3.05, 3.63) is 74.3 Å². The van der Waals surface area contributed by atoms with Crippen molar-refractivity contribution in [2.75, 3.05) is 5.32 Å². The summed E-state index contributed by atoms with van der Waals surface area (Å²) in [7, 11) is 0. The highest BCUT2D eigenvalue weighted by atomic mass is 35.5. The predicted molar refractivity (Wildman–Crippen MR) is 119 cm³/mol. The summed E-state index contributed by atoms with van der Waals surface area (Å²) < 4.78 is 1.85. The highest BCUT2D eigenvalue weighted by molar-refractivity contribution is 7.16. The summed E-state index contributed by atoms with van der Waals surface area (Å²) in [6.45, 7) is 4.05. The lowest BCUT2D eigenvalue weighted by atomic mass is 10.1. The van der Waals surface area contributed by atoms with E-state index in [1.807, 2.05) is 55.2 Å². The van der Waals surface area contributed by atoms with Gasteiger partial charge in [0.05, 0.1) is 33.3 Å². The number of nitrogens with zero attached hydrogens (tertiary/aromatic N) is 3. The molecule has 1 N–H and O–H groups in total. The molecule has 0 unspecified atom stereocenters. The van der Waals surface area contributed by atoms with E-state index in [0.29, 0.717) is 25.9 Å². The molecule has 2 aromatic heterocycles. The summed E-state index contributed by atoms with van der Waals surface area (Å²) in [5, 5.41) is 9.65. The van der Waals surface area contributed by atoms with E-state index in [1.54, 1.807) is 12.1 Å². The van der Waals surface area contributed by atoms with E-state index in [1.165, 1.54) is 11.3 Å². The minimum absolute atomic E-state index is 0.450. The van der Waals surface area contributed by atoms with Crippen LogP contribution in [-0.4, -0.2) is 14.8 Å². The average Bonchev–Trinajstić information content (AvgIpc) is 3.24. The number of nitrogens with one attached hydrogen (secondary N) is 1. The molecule has 2 heterocycles. The SMILES string of the molecule is Cc1cnn(-c2ccc(-c3nc(Nc4c(Cl)cc(Cl)cc4Cl)sc3C)cc2)c1. The third-order valence-electron chi connectivity index (χ3n) is 4.15. The van der Waals surface area contributed by atoms with Crippen LogP contribution in [0.3, 0.4) is 0 Å². The average molecular weight is 450 g/mol. The van der Waals surface area contributed by atoms with E-state index < -0.39 is 0 Å². The molecule has 28 heavy (non-hydrogen) atoms. The number of aromatic nitrogens is 3. The number of aryl methyl sites for hydroxylation is 2. The van der Waals surface area contributed by atoms with Gasteiger partial charge in [0, 0.05) is 21.7 Å². The van der Waals surface area contributed by atoms with Gasteiger partial charge in [0.1, 0.15) is 0 Å². The van der Waals surface area contributed by atoms with Gasteiger partial charge >= 0.3 is 0 Å². The Bertz CT molecular complexity index is 1130. The molecule has 4 nitrogen and oxygen atoms in total. The van der Waals surface area contributed by atoms with E-state index in [4.69, 9.17) is 39.8 Å². The number of hydrogen-bond acceptors (Lipinski definition) is 4. The van der Waals surface area contributed by atoms with Crippen molar-refractivity contribution < 1.29 is 0 Å². The Morgan fingerprint density at radius 2 is 1.68 bits per heavy atom. The number of benzene rings is 2. The largest absolute Gasteiger partial charge is 0.329 e. The fourth-order valence-corrected chi connectivity index (χ4v) is 4.56. The van der Waals surface area contributed by atoms with E-state index in [-0.39, 0.29) is 0 Å². The van der Waals surface area contributed by atoms with Crippen molar-refractivity contribution in [2.24, 2.45) is 0 Å². The molecular weight excluding hydrogens is 435 g/mol. The fraction of sp³-hybridized carbons (Fsp3) is 0.100. The maximum absolute atomic E-state index is 6.26. The number of thiazole rings is 1. The van der Waals surface area contributed by atoms with Crippen molar-refractivity contribution in [3.8, 4) is 16.9 Å². The number of rotatable bonds is 4. The van der Waals surface area contributed by atoms with Crippen molar-refractivity contribution in [1.29, 1.82) is 0 Å². The van der Waals surface area contributed by atoms with Gasteiger partial charge in [0.15, 0.2) is 5.13 Å². The summed E-state index contributed by atoms with van der Waals surface area (Å²) in [5.41, 5.74) is 4.66. The number of hydrogen-bond donors (Lipinski definition) is 1. The van der Waals surface area contributed by atoms with Crippen LogP contribution in [0.2, 0.25) is 15.1 Å². The van der Waals surface area contributed by atoms with E-state index >= 15 is 0 Å². The van der Waals surface area contributed by atoms with Gasteiger partial charge in [-0.2, -0.15) is 5.10 Å². The molecule has 0 radical (unpaired) electrons. The van der Waals surface area contributed by atoms with Crippen LogP contribution in [0, 0.1) is 13.8 Å². The van der Waals surface area contributed by atoms with Crippen LogP contribution >= 0.6 is 46.1 Å². The van der Waals surface area contributed by atoms with Crippen LogP contribution < -0.4 is 5.32 Å². The minimum atomic E-state index is 0.450. The maximum Gasteiger partial charge on any atom is 0.188 e. The molecule has 0 atom stereocenters. The van der Waals surface area contributed by atoms with Gasteiger partial charge in [-0.3, -0.25) is 0 Å². The first kappa shape index (κ1) is 19.3. The lowest BCUT2D eigenvalue weighted by Gasteiger charge is -2.08. The van der Waals surface area contributed by atoms with Crippen LogP contribution in [0.25, 0.3) is 16.9 Å². The topological polar surface area (TPSA) is 42.7 Å². The Morgan fingerprint density at radius 1 is 1.00 bits per heavy atom. The fourth-order valence-electron chi connectivity index (χ4n) is 2.81. The van der Waals surface area contributed by atoms with Crippen molar-refractivity contribution in [2.45, 2.75) is 13.8 Å². The van der Waals surface area contributed by atoms with Crippen molar-refractivity contribution in [3.63, 3.8) is 0 Å². The summed E-state index contributed by atoms with van der Waals surface area (Å²) in [6.07, 6.45) is 3.83. The zero-order valence-electron chi connectivity index (χ0n) is 15.0. The third kappa shape index (κ3) is 3.89. The molecule has 142 valence electrons. The number of anilines is 2. The van der Waals surface area contributed by atoms with E-state index in [9.17, 15) is 0 Å². The summed E-state index contributed by atoms with van der Waals surface area (Å²) in [4.78, 5) is 5.81. The van der Waals surface area contributed by atoms with Crippen LogP contribution in [0.1, 0.15) is 10.4 Å². The first-order chi connectivity index (χ1) is 13.4. The first-order valence-electron chi connectivity index (χ1n) is 8.42.